The molecule has 3 aromatic carbocycles. The van der Waals surface area contributed by atoms with Gasteiger partial charge in [0.05, 0.1) is 16.5 Å². The van der Waals surface area contributed by atoms with Crippen LogP contribution in [0.15, 0.2) is 71.6 Å². The molecule has 4 rings (SSSR count). The van der Waals surface area contributed by atoms with Crippen LogP contribution in [0.4, 0.5) is 0 Å². The number of nitriles is 1. The number of hydrogen-bond acceptors (Lipinski definition) is 4. The van der Waals surface area contributed by atoms with Crippen molar-refractivity contribution in [1.29, 1.82) is 5.26 Å². The van der Waals surface area contributed by atoms with E-state index in [4.69, 9.17) is 0 Å². The van der Waals surface area contributed by atoms with Gasteiger partial charge in [0.15, 0.2) is 0 Å². The SMILES string of the molecule is C[C@H](NC(=O)C1CCN(S(=O)(=O)c2ccccc2C#N)CC1)c1cccc2ccccc12. The molecule has 0 spiro atoms. The number of rotatable bonds is 5. The number of benzene rings is 3. The van der Waals surface area contributed by atoms with Crippen LogP contribution in [-0.2, 0) is 14.8 Å². The second-order valence-electron chi connectivity index (χ2n) is 8.08. The number of nitrogens with one attached hydrogen (secondary N) is 1. The number of hydrogen-bond donors (Lipinski definition) is 1. The van der Waals surface area contributed by atoms with Crippen LogP contribution in [0, 0.1) is 17.2 Å². The lowest BCUT2D eigenvalue weighted by molar-refractivity contribution is -0.126. The van der Waals surface area contributed by atoms with Crippen molar-refractivity contribution in [3.8, 4) is 6.07 Å². The predicted octanol–water partition coefficient (Wildman–Crippen LogP) is 3.99. The normalized spacial score (nSPS) is 16.4. The van der Waals surface area contributed by atoms with Crippen molar-refractivity contribution in [1.82, 2.24) is 9.62 Å². The summed E-state index contributed by atoms with van der Waals surface area (Å²) in [7, 11) is -3.77. The number of fused-ring (bicyclic) bond motifs is 1. The second-order valence-corrected chi connectivity index (χ2v) is 9.99. The third-order valence-electron chi connectivity index (χ3n) is 6.10. The van der Waals surface area contributed by atoms with Gasteiger partial charge in [0.25, 0.3) is 0 Å². The molecular weight excluding hydrogens is 422 g/mol. The van der Waals surface area contributed by atoms with Crippen LogP contribution in [0.2, 0.25) is 0 Å². The highest BCUT2D eigenvalue weighted by molar-refractivity contribution is 7.89. The molecule has 0 radical (unpaired) electrons. The van der Waals surface area contributed by atoms with Crippen LogP contribution in [0.25, 0.3) is 10.8 Å². The highest BCUT2D eigenvalue weighted by Gasteiger charge is 2.33. The van der Waals surface area contributed by atoms with Gasteiger partial charge in [-0.05, 0) is 48.2 Å². The first-order valence-electron chi connectivity index (χ1n) is 10.7. The minimum absolute atomic E-state index is 0.0231. The molecule has 0 unspecified atom stereocenters. The molecule has 1 saturated heterocycles. The molecule has 0 aromatic heterocycles. The predicted molar refractivity (Wildman–Crippen MR) is 123 cm³/mol. The summed E-state index contributed by atoms with van der Waals surface area (Å²) in [6.07, 6.45) is 0.893. The molecular formula is C25H25N3O3S. The molecule has 1 atom stereocenters. The summed E-state index contributed by atoms with van der Waals surface area (Å²) < 4.78 is 27.4. The molecule has 32 heavy (non-hydrogen) atoms. The number of amides is 1. The topological polar surface area (TPSA) is 90.3 Å². The highest BCUT2D eigenvalue weighted by Crippen LogP contribution is 2.28. The smallest absolute Gasteiger partial charge is 0.244 e. The molecule has 3 aromatic rings. The van der Waals surface area contributed by atoms with Crippen molar-refractivity contribution in [3.05, 3.63) is 77.9 Å². The maximum atomic E-state index is 13.0. The molecule has 1 N–H and O–H groups in total. The van der Waals surface area contributed by atoms with E-state index < -0.39 is 10.0 Å². The molecule has 1 amide bonds. The van der Waals surface area contributed by atoms with Gasteiger partial charge in [0.2, 0.25) is 15.9 Å². The van der Waals surface area contributed by atoms with Gasteiger partial charge in [-0.2, -0.15) is 9.57 Å². The summed E-state index contributed by atoms with van der Waals surface area (Å²) in [5.41, 5.74) is 1.20. The molecule has 7 heteroatoms. The first-order chi connectivity index (χ1) is 15.4. The molecule has 6 nitrogen and oxygen atoms in total. The van der Waals surface area contributed by atoms with E-state index in [-0.39, 0.29) is 41.4 Å². The maximum Gasteiger partial charge on any atom is 0.244 e. The Bertz CT molecular complexity index is 1280. The van der Waals surface area contributed by atoms with Crippen molar-refractivity contribution in [3.63, 3.8) is 0 Å². The van der Waals surface area contributed by atoms with Crippen molar-refractivity contribution in [2.24, 2.45) is 5.92 Å². The summed E-state index contributed by atoms with van der Waals surface area (Å²) >= 11 is 0. The average Bonchev–Trinajstić information content (AvgIpc) is 2.83. The van der Waals surface area contributed by atoms with E-state index >= 15 is 0 Å². The van der Waals surface area contributed by atoms with Crippen LogP contribution < -0.4 is 5.32 Å². The fraction of sp³-hybridized carbons (Fsp3) is 0.280. The molecule has 1 fully saturated rings. The van der Waals surface area contributed by atoms with E-state index in [0.717, 1.165) is 16.3 Å². The van der Waals surface area contributed by atoms with Crippen molar-refractivity contribution >= 4 is 26.7 Å². The first-order valence-corrected chi connectivity index (χ1v) is 12.1. The monoisotopic (exact) mass is 447 g/mol. The lowest BCUT2D eigenvalue weighted by Crippen LogP contribution is -2.43. The van der Waals surface area contributed by atoms with E-state index in [1.807, 2.05) is 49.4 Å². The molecule has 0 aliphatic carbocycles. The van der Waals surface area contributed by atoms with Gasteiger partial charge >= 0.3 is 0 Å². The number of carbonyl (C=O) groups excluding carboxylic acids is 1. The van der Waals surface area contributed by atoms with E-state index in [2.05, 4.69) is 11.4 Å². The summed E-state index contributed by atoms with van der Waals surface area (Å²) in [5, 5.41) is 14.6. The van der Waals surface area contributed by atoms with E-state index in [1.165, 1.54) is 16.4 Å². The zero-order chi connectivity index (χ0) is 22.7. The Balaban J connectivity index is 1.42. The van der Waals surface area contributed by atoms with Gasteiger partial charge in [0.1, 0.15) is 6.07 Å². The summed E-state index contributed by atoms with van der Waals surface area (Å²) in [6, 6.07) is 22.2. The zero-order valence-corrected chi connectivity index (χ0v) is 18.7. The van der Waals surface area contributed by atoms with Crippen LogP contribution in [0.5, 0.6) is 0 Å². The third-order valence-corrected chi connectivity index (χ3v) is 8.06. The quantitative estimate of drug-likeness (QED) is 0.640. The Morgan fingerprint density at radius 3 is 2.44 bits per heavy atom. The van der Waals surface area contributed by atoms with Crippen molar-refractivity contribution in [2.75, 3.05) is 13.1 Å². The lowest BCUT2D eigenvalue weighted by atomic mass is 9.95. The number of carbonyl (C=O) groups is 1. The Morgan fingerprint density at radius 2 is 1.69 bits per heavy atom. The van der Waals surface area contributed by atoms with Crippen molar-refractivity contribution < 1.29 is 13.2 Å². The van der Waals surface area contributed by atoms with E-state index in [0.29, 0.717) is 12.8 Å². The minimum Gasteiger partial charge on any atom is -0.349 e. The van der Waals surface area contributed by atoms with Crippen LogP contribution >= 0.6 is 0 Å². The Kier molecular flexibility index (Phi) is 6.26. The molecule has 0 saturated carbocycles. The van der Waals surface area contributed by atoms with Gasteiger partial charge in [-0.25, -0.2) is 8.42 Å². The number of piperidine rings is 1. The van der Waals surface area contributed by atoms with Gasteiger partial charge in [-0.15, -0.1) is 0 Å². The molecule has 0 bridgehead atoms. The highest BCUT2D eigenvalue weighted by atomic mass is 32.2. The molecule has 1 aliphatic heterocycles. The molecule has 164 valence electrons. The van der Waals surface area contributed by atoms with Crippen LogP contribution in [0.1, 0.15) is 36.9 Å². The van der Waals surface area contributed by atoms with Crippen molar-refractivity contribution in [2.45, 2.75) is 30.7 Å². The van der Waals surface area contributed by atoms with E-state index in [1.54, 1.807) is 12.1 Å². The van der Waals surface area contributed by atoms with Gasteiger partial charge in [-0.3, -0.25) is 4.79 Å². The minimum atomic E-state index is -3.77. The summed E-state index contributed by atoms with van der Waals surface area (Å²) in [4.78, 5) is 12.9. The lowest BCUT2D eigenvalue weighted by Gasteiger charge is -2.31. The number of nitrogens with zero attached hydrogens (tertiary/aromatic N) is 2. The molecule has 1 heterocycles. The number of sulfonamides is 1. The van der Waals surface area contributed by atoms with Crippen LogP contribution in [0.3, 0.4) is 0 Å². The van der Waals surface area contributed by atoms with Gasteiger partial charge < -0.3 is 5.32 Å². The Hall–Kier alpha value is -3.21. The first kappa shape index (κ1) is 22.0. The summed E-state index contributed by atoms with van der Waals surface area (Å²) in [6.45, 7) is 2.48. The van der Waals surface area contributed by atoms with Gasteiger partial charge in [-0.1, -0.05) is 54.6 Å². The fourth-order valence-electron chi connectivity index (χ4n) is 4.32. The fourth-order valence-corrected chi connectivity index (χ4v) is 5.93. The molecule has 1 aliphatic rings. The Labute approximate surface area is 188 Å². The largest absolute Gasteiger partial charge is 0.349 e. The summed E-state index contributed by atoms with van der Waals surface area (Å²) in [5.74, 6) is -0.301. The van der Waals surface area contributed by atoms with Gasteiger partial charge in [0, 0.05) is 19.0 Å². The second kappa shape index (κ2) is 9.11. The van der Waals surface area contributed by atoms with E-state index in [9.17, 15) is 18.5 Å². The van der Waals surface area contributed by atoms with Crippen LogP contribution in [-0.4, -0.2) is 31.7 Å². The standard InChI is InChI=1S/C25H25N3O3S/c1-18(22-11-6-9-19-7-2-4-10-23(19)22)27-25(29)20-13-15-28(16-14-20)32(30,31)24-12-5-3-8-21(24)17-26/h2-12,18,20H,13-16H2,1H3,(H,27,29)/t18-/m0/s1. The Morgan fingerprint density at radius 1 is 1.03 bits per heavy atom. The third kappa shape index (κ3) is 4.24. The maximum absolute atomic E-state index is 13.0. The zero-order valence-electron chi connectivity index (χ0n) is 17.9. The average molecular weight is 448 g/mol.